The Morgan fingerprint density at radius 3 is 1.80 bits per heavy atom. The first kappa shape index (κ1) is 14.1. The second-order valence-corrected chi connectivity index (χ2v) is 4.49. The highest BCUT2D eigenvalue weighted by Gasteiger charge is 2.12. The van der Waals surface area contributed by atoms with Crippen molar-refractivity contribution in [3.63, 3.8) is 0 Å². The van der Waals surface area contributed by atoms with E-state index in [2.05, 4.69) is 51.5 Å². The van der Waals surface area contributed by atoms with Gasteiger partial charge in [0, 0.05) is 17.3 Å². The summed E-state index contributed by atoms with van der Waals surface area (Å²) in [6, 6.07) is 0. The second kappa shape index (κ2) is 5.24. The Labute approximate surface area is 94.2 Å². The fourth-order valence-electron chi connectivity index (χ4n) is 1.49. The van der Waals surface area contributed by atoms with Crippen LogP contribution in [-0.2, 0) is 0 Å². The van der Waals surface area contributed by atoms with E-state index in [9.17, 15) is 0 Å². The minimum atomic E-state index is 0. The number of aromatic nitrogens is 2. The average Bonchev–Trinajstić information content (AvgIpc) is 2.08. The fourth-order valence-corrected chi connectivity index (χ4v) is 1.49. The molecule has 86 valence electrons. The van der Waals surface area contributed by atoms with E-state index in [-0.39, 0.29) is 7.43 Å². The molecule has 0 radical (unpaired) electrons. The van der Waals surface area contributed by atoms with Crippen molar-refractivity contribution < 1.29 is 0 Å². The summed E-state index contributed by atoms with van der Waals surface area (Å²) in [5.41, 5.74) is 3.55. The third-order valence-electron chi connectivity index (χ3n) is 2.51. The van der Waals surface area contributed by atoms with Crippen LogP contribution in [0.3, 0.4) is 0 Å². The van der Waals surface area contributed by atoms with Gasteiger partial charge in [-0.1, -0.05) is 35.1 Å². The lowest BCUT2D eigenvalue weighted by atomic mass is 10.0. The second-order valence-electron chi connectivity index (χ2n) is 4.49. The number of rotatable bonds is 2. The molecule has 1 rings (SSSR count). The molecule has 0 fully saturated rings. The molecule has 0 amide bonds. The van der Waals surface area contributed by atoms with Gasteiger partial charge in [-0.2, -0.15) is 0 Å². The summed E-state index contributed by atoms with van der Waals surface area (Å²) in [5.74, 6) is 1.86. The van der Waals surface area contributed by atoms with Crippen LogP contribution in [-0.4, -0.2) is 9.97 Å². The first-order valence-electron chi connectivity index (χ1n) is 5.28. The van der Waals surface area contributed by atoms with E-state index in [0.29, 0.717) is 11.8 Å². The molecule has 0 aliphatic carbocycles. The van der Waals surface area contributed by atoms with Gasteiger partial charge in [0.15, 0.2) is 0 Å². The normalized spacial score (nSPS) is 10.7. The average molecular weight is 208 g/mol. The number of aryl methyl sites for hydroxylation is 1. The predicted molar refractivity (Wildman–Crippen MR) is 66.4 cm³/mol. The highest BCUT2D eigenvalue weighted by atomic mass is 14.9. The summed E-state index contributed by atoms with van der Waals surface area (Å²) in [6.07, 6.45) is 0. The Hall–Kier alpha value is -0.920. The predicted octanol–water partition coefficient (Wildman–Crippen LogP) is 3.98. The van der Waals surface area contributed by atoms with Crippen LogP contribution in [0.2, 0.25) is 0 Å². The Bertz CT molecular complexity index is 328. The third-order valence-corrected chi connectivity index (χ3v) is 2.51. The first-order chi connectivity index (χ1) is 6.43. The van der Waals surface area contributed by atoms with Gasteiger partial charge in [0.1, 0.15) is 5.82 Å². The lowest BCUT2D eigenvalue weighted by Crippen LogP contribution is -2.07. The van der Waals surface area contributed by atoms with Gasteiger partial charge in [0.25, 0.3) is 0 Å². The minimum absolute atomic E-state index is 0. The molecule has 0 unspecified atom stereocenters. The van der Waals surface area contributed by atoms with Gasteiger partial charge in [-0.05, 0) is 25.3 Å². The molecule has 0 aliphatic rings. The van der Waals surface area contributed by atoms with Crippen LogP contribution in [0.15, 0.2) is 0 Å². The molecule has 2 heteroatoms. The standard InChI is InChI=1S/C12H20N2.CH4/c1-7(2)11-9(5)10(6)13-12(14-11)8(3)4;/h7-8H,1-6H3;1H4. The van der Waals surface area contributed by atoms with E-state index in [1.807, 2.05) is 0 Å². The van der Waals surface area contributed by atoms with Crippen LogP contribution < -0.4 is 0 Å². The van der Waals surface area contributed by atoms with Crippen molar-refractivity contribution in [1.82, 2.24) is 9.97 Å². The fraction of sp³-hybridized carbons (Fsp3) is 0.692. The molecule has 0 bridgehead atoms. The first-order valence-corrected chi connectivity index (χ1v) is 5.28. The molecule has 0 N–H and O–H groups in total. The van der Waals surface area contributed by atoms with Crippen LogP contribution in [0.1, 0.15) is 69.7 Å². The zero-order chi connectivity index (χ0) is 10.9. The van der Waals surface area contributed by atoms with Crippen LogP contribution >= 0.6 is 0 Å². The molecule has 1 aromatic rings. The van der Waals surface area contributed by atoms with Gasteiger partial charge in [-0.3, -0.25) is 0 Å². The van der Waals surface area contributed by atoms with Crippen molar-refractivity contribution in [2.24, 2.45) is 0 Å². The van der Waals surface area contributed by atoms with Gasteiger partial charge < -0.3 is 0 Å². The third kappa shape index (κ3) is 3.01. The summed E-state index contributed by atoms with van der Waals surface area (Å²) in [4.78, 5) is 9.13. The van der Waals surface area contributed by atoms with E-state index < -0.39 is 0 Å². The lowest BCUT2D eigenvalue weighted by Gasteiger charge is -2.14. The molecule has 1 heterocycles. The highest BCUT2D eigenvalue weighted by molar-refractivity contribution is 5.26. The summed E-state index contributed by atoms with van der Waals surface area (Å²) in [5, 5.41) is 0. The quantitative estimate of drug-likeness (QED) is 0.734. The maximum atomic E-state index is 4.62. The van der Waals surface area contributed by atoms with Crippen LogP contribution in [0.5, 0.6) is 0 Å². The zero-order valence-electron chi connectivity index (χ0n) is 10.0. The Balaban J connectivity index is 0.00000196. The SMILES string of the molecule is C.Cc1nc(C(C)C)nc(C(C)C)c1C. The summed E-state index contributed by atoms with van der Waals surface area (Å²) in [6.45, 7) is 12.8. The molecular formula is C13H24N2. The number of hydrogen-bond acceptors (Lipinski definition) is 2. The van der Waals surface area contributed by atoms with Crippen molar-refractivity contribution in [2.75, 3.05) is 0 Å². The molecule has 0 saturated heterocycles. The van der Waals surface area contributed by atoms with Crippen molar-refractivity contribution in [3.8, 4) is 0 Å². The summed E-state index contributed by atoms with van der Waals surface area (Å²) >= 11 is 0. The molecule has 15 heavy (non-hydrogen) atoms. The van der Waals surface area contributed by atoms with Crippen molar-refractivity contribution in [1.29, 1.82) is 0 Å². The molecule has 0 aliphatic heterocycles. The molecular weight excluding hydrogens is 184 g/mol. The van der Waals surface area contributed by atoms with E-state index in [0.717, 1.165) is 11.5 Å². The van der Waals surface area contributed by atoms with Crippen LogP contribution in [0, 0.1) is 13.8 Å². The van der Waals surface area contributed by atoms with E-state index in [4.69, 9.17) is 0 Å². The Morgan fingerprint density at radius 2 is 1.40 bits per heavy atom. The number of hydrogen-bond donors (Lipinski definition) is 0. The topological polar surface area (TPSA) is 25.8 Å². The Kier molecular flexibility index (Phi) is 4.92. The maximum absolute atomic E-state index is 4.62. The molecule has 2 nitrogen and oxygen atoms in total. The molecule has 0 aromatic carbocycles. The Morgan fingerprint density at radius 1 is 0.867 bits per heavy atom. The lowest BCUT2D eigenvalue weighted by molar-refractivity contribution is 0.713. The zero-order valence-corrected chi connectivity index (χ0v) is 10.0. The van der Waals surface area contributed by atoms with Crippen molar-refractivity contribution in [3.05, 3.63) is 22.8 Å². The van der Waals surface area contributed by atoms with Gasteiger partial charge in [-0.15, -0.1) is 0 Å². The molecule has 1 aromatic heterocycles. The van der Waals surface area contributed by atoms with E-state index in [1.54, 1.807) is 0 Å². The molecule has 0 saturated carbocycles. The maximum Gasteiger partial charge on any atom is 0.131 e. The monoisotopic (exact) mass is 208 g/mol. The van der Waals surface area contributed by atoms with Crippen LogP contribution in [0.4, 0.5) is 0 Å². The molecule has 0 spiro atoms. The summed E-state index contributed by atoms with van der Waals surface area (Å²) in [7, 11) is 0. The van der Waals surface area contributed by atoms with Crippen molar-refractivity contribution in [2.45, 2.75) is 60.8 Å². The van der Waals surface area contributed by atoms with E-state index in [1.165, 1.54) is 11.3 Å². The van der Waals surface area contributed by atoms with Gasteiger partial charge >= 0.3 is 0 Å². The minimum Gasteiger partial charge on any atom is -0.238 e. The molecule has 0 atom stereocenters. The van der Waals surface area contributed by atoms with Gasteiger partial charge in [0.05, 0.1) is 0 Å². The van der Waals surface area contributed by atoms with Gasteiger partial charge in [-0.25, -0.2) is 9.97 Å². The largest absolute Gasteiger partial charge is 0.238 e. The smallest absolute Gasteiger partial charge is 0.131 e. The summed E-state index contributed by atoms with van der Waals surface area (Å²) < 4.78 is 0. The van der Waals surface area contributed by atoms with Gasteiger partial charge in [0.2, 0.25) is 0 Å². The van der Waals surface area contributed by atoms with E-state index >= 15 is 0 Å². The number of nitrogens with zero attached hydrogens (tertiary/aromatic N) is 2. The highest BCUT2D eigenvalue weighted by Crippen LogP contribution is 2.21. The van der Waals surface area contributed by atoms with Crippen molar-refractivity contribution >= 4 is 0 Å². The van der Waals surface area contributed by atoms with Crippen LogP contribution in [0.25, 0.3) is 0 Å².